The summed E-state index contributed by atoms with van der Waals surface area (Å²) in [7, 11) is 0. The molecule has 1 atom stereocenters. The lowest BCUT2D eigenvalue weighted by atomic mass is 10.2. The molecule has 2 aliphatic rings. The molecule has 2 fully saturated rings. The SMILES string of the molecule is CC(C)N1CCN(C(=O)C2CSCN2)CC1=O. The van der Waals surface area contributed by atoms with Gasteiger partial charge in [0, 0.05) is 30.8 Å². The van der Waals surface area contributed by atoms with Crippen molar-refractivity contribution >= 4 is 23.6 Å². The van der Waals surface area contributed by atoms with Gasteiger partial charge in [-0.05, 0) is 13.8 Å². The second-order valence-corrected chi connectivity index (χ2v) is 5.74. The van der Waals surface area contributed by atoms with Crippen LogP contribution in [0.25, 0.3) is 0 Å². The summed E-state index contributed by atoms with van der Waals surface area (Å²) in [6.07, 6.45) is 0. The molecule has 5 nitrogen and oxygen atoms in total. The van der Waals surface area contributed by atoms with E-state index in [0.717, 1.165) is 11.6 Å². The number of hydrogen-bond donors (Lipinski definition) is 1. The number of thioether (sulfide) groups is 1. The van der Waals surface area contributed by atoms with Crippen LogP contribution in [0.2, 0.25) is 0 Å². The van der Waals surface area contributed by atoms with Gasteiger partial charge in [-0.1, -0.05) is 0 Å². The van der Waals surface area contributed by atoms with Gasteiger partial charge in [0.05, 0.1) is 12.6 Å². The molecule has 0 saturated carbocycles. The Bertz CT molecular complexity index is 316. The number of carbonyl (C=O) groups excluding carboxylic acids is 2. The standard InChI is InChI=1S/C11H19N3O2S/c1-8(2)14-4-3-13(5-10(14)15)11(16)9-6-17-7-12-9/h8-9,12H,3-7H2,1-2H3. The van der Waals surface area contributed by atoms with E-state index in [1.54, 1.807) is 16.7 Å². The molecule has 0 aromatic rings. The molecular weight excluding hydrogens is 238 g/mol. The number of nitrogens with zero attached hydrogens (tertiary/aromatic N) is 2. The summed E-state index contributed by atoms with van der Waals surface area (Å²) in [5.41, 5.74) is 0. The fourth-order valence-electron chi connectivity index (χ4n) is 2.19. The minimum Gasteiger partial charge on any atom is -0.337 e. The first-order valence-corrected chi connectivity index (χ1v) is 7.14. The van der Waals surface area contributed by atoms with Crippen LogP contribution in [-0.2, 0) is 9.59 Å². The molecule has 2 rings (SSSR count). The third kappa shape index (κ3) is 2.74. The Morgan fingerprint density at radius 2 is 2.24 bits per heavy atom. The third-order valence-corrected chi connectivity index (χ3v) is 4.15. The van der Waals surface area contributed by atoms with Crippen molar-refractivity contribution in [2.45, 2.75) is 25.9 Å². The lowest BCUT2D eigenvalue weighted by molar-refractivity contribution is -0.147. The molecule has 6 heteroatoms. The lowest BCUT2D eigenvalue weighted by Crippen LogP contribution is -2.57. The van der Waals surface area contributed by atoms with Crippen molar-refractivity contribution in [1.29, 1.82) is 0 Å². The molecule has 17 heavy (non-hydrogen) atoms. The Balaban J connectivity index is 1.92. The Morgan fingerprint density at radius 1 is 1.47 bits per heavy atom. The number of carbonyl (C=O) groups is 2. The fraction of sp³-hybridized carbons (Fsp3) is 0.818. The van der Waals surface area contributed by atoms with Gasteiger partial charge in [0.1, 0.15) is 0 Å². The quantitative estimate of drug-likeness (QED) is 0.740. The molecule has 0 aliphatic carbocycles. The average molecular weight is 257 g/mol. The Kier molecular flexibility index (Phi) is 3.93. The highest BCUT2D eigenvalue weighted by Gasteiger charge is 2.33. The van der Waals surface area contributed by atoms with Crippen LogP contribution in [-0.4, -0.2) is 65.0 Å². The maximum atomic E-state index is 12.1. The average Bonchev–Trinajstić information content (AvgIpc) is 2.80. The van der Waals surface area contributed by atoms with Gasteiger partial charge >= 0.3 is 0 Å². The zero-order valence-corrected chi connectivity index (χ0v) is 11.1. The predicted octanol–water partition coefficient (Wildman–Crippen LogP) is -0.272. The van der Waals surface area contributed by atoms with Crippen LogP contribution >= 0.6 is 11.8 Å². The summed E-state index contributed by atoms with van der Waals surface area (Å²) >= 11 is 1.73. The van der Waals surface area contributed by atoms with E-state index in [1.165, 1.54) is 0 Å². The molecule has 0 aromatic heterocycles. The van der Waals surface area contributed by atoms with Crippen molar-refractivity contribution in [3.8, 4) is 0 Å². The second-order valence-electron chi connectivity index (χ2n) is 4.71. The number of nitrogens with one attached hydrogen (secondary N) is 1. The van der Waals surface area contributed by atoms with Gasteiger partial charge in [-0.2, -0.15) is 0 Å². The largest absolute Gasteiger partial charge is 0.337 e. The van der Waals surface area contributed by atoms with Gasteiger partial charge in [-0.15, -0.1) is 11.8 Å². The number of hydrogen-bond acceptors (Lipinski definition) is 4. The van der Waals surface area contributed by atoms with Crippen molar-refractivity contribution in [2.75, 3.05) is 31.3 Å². The zero-order valence-electron chi connectivity index (χ0n) is 10.3. The van der Waals surface area contributed by atoms with E-state index in [2.05, 4.69) is 5.32 Å². The molecule has 0 bridgehead atoms. The molecule has 2 aliphatic heterocycles. The number of rotatable bonds is 2. The van der Waals surface area contributed by atoms with Crippen molar-refractivity contribution in [3.63, 3.8) is 0 Å². The first-order chi connectivity index (χ1) is 8.09. The normalized spacial score (nSPS) is 25.8. The summed E-state index contributed by atoms with van der Waals surface area (Å²) in [5, 5.41) is 3.15. The zero-order chi connectivity index (χ0) is 12.4. The smallest absolute Gasteiger partial charge is 0.242 e. The van der Waals surface area contributed by atoms with Crippen molar-refractivity contribution in [1.82, 2.24) is 15.1 Å². The highest BCUT2D eigenvalue weighted by molar-refractivity contribution is 7.99. The maximum Gasteiger partial charge on any atom is 0.242 e. The molecule has 96 valence electrons. The van der Waals surface area contributed by atoms with Crippen LogP contribution in [0, 0.1) is 0 Å². The first kappa shape index (κ1) is 12.7. The van der Waals surface area contributed by atoms with Crippen LogP contribution in [0.3, 0.4) is 0 Å². The molecule has 0 aromatic carbocycles. The summed E-state index contributed by atoms with van der Waals surface area (Å²) in [5.74, 6) is 1.78. The van der Waals surface area contributed by atoms with E-state index < -0.39 is 0 Å². The Hall–Kier alpha value is -0.750. The fourth-order valence-corrected chi connectivity index (χ4v) is 3.13. The van der Waals surface area contributed by atoms with Crippen LogP contribution in [0.4, 0.5) is 0 Å². The Morgan fingerprint density at radius 3 is 2.76 bits per heavy atom. The highest BCUT2D eigenvalue weighted by atomic mass is 32.2. The molecule has 2 amide bonds. The van der Waals surface area contributed by atoms with Gasteiger partial charge in [-0.3, -0.25) is 14.9 Å². The number of amides is 2. The van der Waals surface area contributed by atoms with E-state index >= 15 is 0 Å². The highest BCUT2D eigenvalue weighted by Crippen LogP contribution is 2.14. The van der Waals surface area contributed by atoms with Crippen LogP contribution in [0.5, 0.6) is 0 Å². The van der Waals surface area contributed by atoms with Crippen molar-refractivity contribution in [3.05, 3.63) is 0 Å². The van der Waals surface area contributed by atoms with Crippen LogP contribution in [0.15, 0.2) is 0 Å². The van der Waals surface area contributed by atoms with Crippen LogP contribution < -0.4 is 5.32 Å². The van der Waals surface area contributed by atoms with Gasteiger partial charge in [0.15, 0.2) is 0 Å². The van der Waals surface area contributed by atoms with E-state index in [0.29, 0.717) is 13.1 Å². The summed E-state index contributed by atoms with van der Waals surface area (Å²) in [4.78, 5) is 27.5. The van der Waals surface area contributed by atoms with Gasteiger partial charge in [-0.25, -0.2) is 0 Å². The maximum absolute atomic E-state index is 12.1. The Labute approximate surface area is 106 Å². The van der Waals surface area contributed by atoms with Crippen molar-refractivity contribution < 1.29 is 9.59 Å². The third-order valence-electron chi connectivity index (χ3n) is 3.21. The topological polar surface area (TPSA) is 52.6 Å². The van der Waals surface area contributed by atoms with Gasteiger partial charge < -0.3 is 9.80 Å². The minimum absolute atomic E-state index is 0.0604. The van der Waals surface area contributed by atoms with E-state index in [1.807, 2.05) is 18.7 Å². The minimum atomic E-state index is -0.0987. The van der Waals surface area contributed by atoms with E-state index in [9.17, 15) is 9.59 Å². The predicted molar refractivity (Wildman–Crippen MR) is 67.7 cm³/mol. The molecule has 0 spiro atoms. The molecule has 2 heterocycles. The molecule has 0 radical (unpaired) electrons. The summed E-state index contributed by atoms with van der Waals surface area (Å²) < 4.78 is 0. The summed E-state index contributed by atoms with van der Waals surface area (Å²) in [6.45, 7) is 5.56. The molecular formula is C11H19N3O2S. The molecule has 1 N–H and O–H groups in total. The van der Waals surface area contributed by atoms with Gasteiger partial charge in [0.25, 0.3) is 0 Å². The van der Waals surface area contributed by atoms with E-state index in [4.69, 9.17) is 0 Å². The lowest BCUT2D eigenvalue weighted by Gasteiger charge is -2.37. The van der Waals surface area contributed by atoms with Gasteiger partial charge in [0.2, 0.25) is 11.8 Å². The molecule has 1 unspecified atom stereocenters. The summed E-state index contributed by atoms with van der Waals surface area (Å²) in [6, 6.07) is 0.123. The monoisotopic (exact) mass is 257 g/mol. The first-order valence-electron chi connectivity index (χ1n) is 5.99. The molecule has 2 saturated heterocycles. The second kappa shape index (κ2) is 5.27. The van der Waals surface area contributed by atoms with E-state index in [-0.39, 0.29) is 30.4 Å². The van der Waals surface area contributed by atoms with Crippen LogP contribution in [0.1, 0.15) is 13.8 Å². The number of piperazine rings is 1. The van der Waals surface area contributed by atoms with Crippen molar-refractivity contribution in [2.24, 2.45) is 0 Å².